The van der Waals surface area contributed by atoms with Gasteiger partial charge in [-0.15, -0.1) is 0 Å². The fourth-order valence-electron chi connectivity index (χ4n) is 4.13. The molecule has 4 nitrogen and oxygen atoms in total. The van der Waals surface area contributed by atoms with Gasteiger partial charge in [0.15, 0.2) is 23.0 Å². The lowest BCUT2D eigenvalue weighted by molar-refractivity contribution is 0.326. The molecule has 4 heteroatoms. The minimum atomic E-state index is 0.439. The molecule has 212 valence electrons. The van der Waals surface area contributed by atoms with Gasteiger partial charge in [-0.05, 0) is 57.6 Å². The molecule has 0 aliphatic heterocycles. The lowest BCUT2D eigenvalue weighted by Gasteiger charge is -2.09. The third-order valence-electron chi connectivity index (χ3n) is 6.37. The highest BCUT2D eigenvalue weighted by atomic mass is 16.5. The average molecular weight is 557 g/mol. The maximum absolute atomic E-state index is 5.63. The first-order chi connectivity index (χ1) is 20.6. The molecule has 0 spiro atoms. The third kappa shape index (κ3) is 8.64. The second-order valence-electron chi connectivity index (χ2n) is 9.35. The standard InChI is InChI=1S/C38H36O4/c1-5-25-41-35-23-21-33(27-37(35)39-3)19-17-31-13-9-29(10-14-31)7-8-30-11-15-32(16-12-30)18-20-34-22-24-36(42-26-6-2)38(28-34)40-4/h5-24,27-28H,1-2,25-26H2,3-4H3/b8-7+,19-17+,20-18+. The topological polar surface area (TPSA) is 36.9 Å². The Morgan fingerprint density at radius 3 is 1.00 bits per heavy atom. The quantitative estimate of drug-likeness (QED) is 0.115. The zero-order valence-electron chi connectivity index (χ0n) is 24.2. The van der Waals surface area contributed by atoms with Crippen LogP contribution in [0.2, 0.25) is 0 Å². The Kier molecular flexibility index (Phi) is 11.0. The summed E-state index contributed by atoms with van der Waals surface area (Å²) in [6.45, 7) is 8.25. The maximum Gasteiger partial charge on any atom is 0.161 e. The molecule has 4 aromatic rings. The number of hydrogen-bond donors (Lipinski definition) is 0. The molecule has 42 heavy (non-hydrogen) atoms. The number of hydrogen-bond acceptors (Lipinski definition) is 4. The van der Waals surface area contributed by atoms with Gasteiger partial charge in [0.05, 0.1) is 14.2 Å². The Labute approximate surface area is 249 Å². The SMILES string of the molecule is C=CCOc1ccc(/C=C/c2ccc(/C=C/c3ccc(/C=C/c4ccc(OCC=C)c(OC)c4)cc3)cc2)cc1OC. The maximum atomic E-state index is 5.63. The van der Waals surface area contributed by atoms with Crippen LogP contribution in [0.5, 0.6) is 23.0 Å². The van der Waals surface area contributed by atoms with E-state index in [1.165, 1.54) is 0 Å². The molecule has 0 radical (unpaired) electrons. The summed E-state index contributed by atoms with van der Waals surface area (Å²) in [5.41, 5.74) is 6.57. The molecule has 0 aliphatic carbocycles. The predicted molar refractivity (Wildman–Crippen MR) is 177 cm³/mol. The number of rotatable bonds is 14. The Balaban J connectivity index is 1.34. The van der Waals surface area contributed by atoms with Crippen molar-refractivity contribution in [2.75, 3.05) is 27.4 Å². The fraction of sp³-hybridized carbons (Fsp3) is 0.105. The number of methoxy groups -OCH3 is 2. The van der Waals surface area contributed by atoms with E-state index in [2.05, 4.69) is 98.1 Å². The van der Waals surface area contributed by atoms with Crippen molar-refractivity contribution in [3.63, 3.8) is 0 Å². The highest BCUT2D eigenvalue weighted by Gasteiger charge is 2.05. The van der Waals surface area contributed by atoms with E-state index in [0.29, 0.717) is 36.2 Å². The van der Waals surface area contributed by atoms with E-state index in [-0.39, 0.29) is 0 Å². The highest BCUT2D eigenvalue weighted by molar-refractivity contribution is 5.75. The van der Waals surface area contributed by atoms with Crippen LogP contribution in [0.15, 0.2) is 110 Å². The third-order valence-corrected chi connectivity index (χ3v) is 6.37. The first kappa shape index (κ1) is 29.8. The average Bonchev–Trinajstić information content (AvgIpc) is 3.04. The monoisotopic (exact) mass is 556 g/mol. The van der Waals surface area contributed by atoms with E-state index in [4.69, 9.17) is 18.9 Å². The Morgan fingerprint density at radius 1 is 0.429 bits per heavy atom. The van der Waals surface area contributed by atoms with Crippen LogP contribution < -0.4 is 18.9 Å². The van der Waals surface area contributed by atoms with Gasteiger partial charge in [-0.3, -0.25) is 0 Å². The van der Waals surface area contributed by atoms with Gasteiger partial charge < -0.3 is 18.9 Å². The van der Waals surface area contributed by atoms with Crippen LogP contribution in [0, 0.1) is 0 Å². The van der Waals surface area contributed by atoms with Crippen LogP contribution in [-0.2, 0) is 0 Å². The van der Waals surface area contributed by atoms with Crippen molar-refractivity contribution in [3.05, 3.63) is 144 Å². The minimum absolute atomic E-state index is 0.439. The number of ether oxygens (including phenoxy) is 4. The predicted octanol–water partition coefficient (Wildman–Crippen LogP) is 9.34. The Bertz CT molecular complexity index is 1440. The zero-order chi connectivity index (χ0) is 29.6. The molecule has 4 rings (SSSR count). The first-order valence-corrected chi connectivity index (χ1v) is 13.7. The van der Waals surface area contributed by atoms with Gasteiger partial charge in [0.25, 0.3) is 0 Å². The molecule has 4 aromatic carbocycles. The zero-order valence-corrected chi connectivity index (χ0v) is 24.2. The summed E-state index contributed by atoms with van der Waals surface area (Å²) in [6.07, 6.45) is 15.9. The van der Waals surface area contributed by atoms with Crippen LogP contribution in [0.3, 0.4) is 0 Å². The molecule has 0 heterocycles. The van der Waals surface area contributed by atoms with Crippen LogP contribution in [0.1, 0.15) is 33.4 Å². The molecule has 0 aliphatic rings. The lowest BCUT2D eigenvalue weighted by atomic mass is 10.1. The van der Waals surface area contributed by atoms with Crippen molar-refractivity contribution in [1.82, 2.24) is 0 Å². The second kappa shape index (κ2) is 15.5. The van der Waals surface area contributed by atoms with E-state index < -0.39 is 0 Å². The van der Waals surface area contributed by atoms with E-state index in [1.54, 1.807) is 26.4 Å². The molecule has 0 saturated carbocycles. The molecule has 0 aromatic heterocycles. The van der Waals surface area contributed by atoms with Crippen molar-refractivity contribution < 1.29 is 18.9 Å². The van der Waals surface area contributed by atoms with Gasteiger partial charge in [-0.1, -0.05) is 122 Å². The lowest BCUT2D eigenvalue weighted by Crippen LogP contribution is -1.96. The van der Waals surface area contributed by atoms with Crippen molar-refractivity contribution >= 4 is 36.5 Å². The van der Waals surface area contributed by atoms with Gasteiger partial charge in [0.1, 0.15) is 13.2 Å². The van der Waals surface area contributed by atoms with E-state index in [1.807, 2.05) is 36.4 Å². The summed E-state index contributed by atoms with van der Waals surface area (Å²) in [5.74, 6) is 2.80. The second-order valence-corrected chi connectivity index (χ2v) is 9.35. The first-order valence-electron chi connectivity index (χ1n) is 13.7. The van der Waals surface area contributed by atoms with Gasteiger partial charge >= 0.3 is 0 Å². The Morgan fingerprint density at radius 2 is 0.714 bits per heavy atom. The molecule has 0 unspecified atom stereocenters. The molecule has 0 amide bonds. The van der Waals surface area contributed by atoms with Crippen LogP contribution in [-0.4, -0.2) is 27.4 Å². The minimum Gasteiger partial charge on any atom is -0.493 e. The molecular formula is C38H36O4. The largest absolute Gasteiger partial charge is 0.493 e. The van der Waals surface area contributed by atoms with Gasteiger partial charge in [0.2, 0.25) is 0 Å². The Hall–Kier alpha value is -5.22. The van der Waals surface area contributed by atoms with Crippen LogP contribution >= 0.6 is 0 Å². The van der Waals surface area contributed by atoms with Crippen molar-refractivity contribution in [2.24, 2.45) is 0 Å². The molecule has 0 fully saturated rings. The number of benzene rings is 4. The summed E-state index contributed by atoms with van der Waals surface area (Å²) >= 11 is 0. The van der Waals surface area contributed by atoms with E-state index >= 15 is 0 Å². The molecule has 0 saturated heterocycles. The summed E-state index contributed by atoms with van der Waals surface area (Å²) in [6, 6.07) is 28.6. The molecule has 0 atom stereocenters. The summed E-state index contributed by atoms with van der Waals surface area (Å²) in [4.78, 5) is 0. The molecule has 0 bridgehead atoms. The summed E-state index contributed by atoms with van der Waals surface area (Å²) in [7, 11) is 3.28. The normalized spacial score (nSPS) is 11.2. The highest BCUT2D eigenvalue weighted by Crippen LogP contribution is 2.30. The molecule has 0 N–H and O–H groups in total. The summed E-state index contributed by atoms with van der Waals surface area (Å²) < 4.78 is 22.2. The van der Waals surface area contributed by atoms with E-state index in [9.17, 15) is 0 Å². The van der Waals surface area contributed by atoms with Crippen molar-refractivity contribution in [2.45, 2.75) is 0 Å². The smallest absolute Gasteiger partial charge is 0.161 e. The molecular weight excluding hydrogens is 520 g/mol. The fourth-order valence-corrected chi connectivity index (χ4v) is 4.13. The van der Waals surface area contributed by atoms with E-state index in [0.717, 1.165) is 33.4 Å². The summed E-state index contributed by atoms with van der Waals surface area (Å²) in [5, 5.41) is 0. The van der Waals surface area contributed by atoms with Crippen LogP contribution in [0.25, 0.3) is 36.5 Å². The van der Waals surface area contributed by atoms with Gasteiger partial charge in [0, 0.05) is 0 Å². The van der Waals surface area contributed by atoms with Crippen LogP contribution in [0.4, 0.5) is 0 Å². The van der Waals surface area contributed by atoms with Crippen molar-refractivity contribution in [3.8, 4) is 23.0 Å². The van der Waals surface area contributed by atoms with Gasteiger partial charge in [-0.25, -0.2) is 0 Å². The van der Waals surface area contributed by atoms with Gasteiger partial charge in [-0.2, -0.15) is 0 Å². The van der Waals surface area contributed by atoms with Crippen molar-refractivity contribution in [1.29, 1.82) is 0 Å².